The van der Waals surface area contributed by atoms with Gasteiger partial charge >= 0.3 is 0 Å². The number of benzene rings is 1. The fourth-order valence-electron chi connectivity index (χ4n) is 2.58. The van der Waals surface area contributed by atoms with Crippen molar-refractivity contribution in [3.05, 3.63) is 29.8 Å². The second-order valence-electron chi connectivity index (χ2n) is 4.97. The summed E-state index contributed by atoms with van der Waals surface area (Å²) in [5, 5.41) is 6.81. The Morgan fingerprint density at radius 2 is 1.89 bits per heavy atom. The van der Waals surface area contributed by atoms with E-state index in [1.807, 2.05) is 43.1 Å². The first-order valence-electron chi connectivity index (χ1n) is 6.86. The zero-order valence-electron chi connectivity index (χ0n) is 11.6. The van der Waals surface area contributed by atoms with Crippen molar-refractivity contribution in [3.63, 3.8) is 0 Å². The van der Waals surface area contributed by atoms with Crippen LogP contribution in [0.25, 0.3) is 0 Å². The summed E-state index contributed by atoms with van der Waals surface area (Å²) >= 11 is 1.87. The highest BCUT2D eigenvalue weighted by molar-refractivity contribution is 7.99. The summed E-state index contributed by atoms with van der Waals surface area (Å²) in [6, 6.07) is 7.93. The van der Waals surface area contributed by atoms with E-state index in [4.69, 9.17) is 0 Å². The molecule has 2 unspecified atom stereocenters. The fraction of sp³-hybridized carbons (Fsp3) is 0.533. The lowest BCUT2D eigenvalue weighted by molar-refractivity contribution is 0.0929. The molecule has 0 heterocycles. The van der Waals surface area contributed by atoms with Crippen LogP contribution in [0.1, 0.15) is 36.0 Å². The molecule has 104 valence electrons. The van der Waals surface area contributed by atoms with Crippen molar-refractivity contribution in [2.45, 2.75) is 37.0 Å². The van der Waals surface area contributed by atoms with Gasteiger partial charge in [-0.15, -0.1) is 0 Å². The number of hydrogen-bond donors (Lipinski definition) is 2. The summed E-state index contributed by atoms with van der Waals surface area (Å²) in [6.45, 7) is 0. The molecule has 1 aliphatic carbocycles. The van der Waals surface area contributed by atoms with Crippen LogP contribution >= 0.6 is 11.8 Å². The number of rotatable bonds is 4. The third kappa shape index (κ3) is 3.66. The van der Waals surface area contributed by atoms with E-state index >= 15 is 0 Å². The minimum atomic E-state index is 0.0496. The molecule has 2 rings (SSSR count). The number of anilines is 1. The highest BCUT2D eigenvalue weighted by atomic mass is 32.2. The Hall–Kier alpha value is -1.16. The molecule has 2 atom stereocenters. The van der Waals surface area contributed by atoms with E-state index in [1.54, 1.807) is 0 Å². The summed E-state index contributed by atoms with van der Waals surface area (Å²) in [7, 11) is 1.88. The summed E-state index contributed by atoms with van der Waals surface area (Å²) in [5.74, 6) is 0.0496. The molecule has 4 heteroatoms. The third-order valence-electron chi connectivity index (χ3n) is 3.76. The van der Waals surface area contributed by atoms with Crippen molar-refractivity contribution in [1.82, 2.24) is 5.32 Å². The maximum absolute atomic E-state index is 12.2. The molecular weight excluding hydrogens is 256 g/mol. The van der Waals surface area contributed by atoms with Crippen molar-refractivity contribution < 1.29 is 4.79 Å². The Labute approximate surface area is 119 Å². The highest BCUT2D eigenvalue weighted by Crippen LogP contribution is 2.27. The Balaban J connectivity index is 1.98. The minimum Gasteiger partial charge on any atom is -0.388 e. The van der Waals surface area contributed by atoms with Gasteiger partial charge in [0.15, 0.2) is 0 Å². The Morgan fingerprint density at radius 1 is 1.21 bits per heavy atom. The number of hydrogen-bond acceptors (Lipinski definition) is 3. The van der Waals surface area contributed by atoms with E-state index in [9.17, 15) is 4.79 Å². The van der Waals surface area contributed by atoms with Gasteiger partial charge in [0.25, 0.3) is 5.91 Å². The molecule has 0 bridgehead atoms. The van der Waals surface area contributed by atoms with Crippen LogP contribution in [0.15, 0.2) is 24.3 Å². The minimum absolute atomic E-state index is 0.0496. The quantitative estimate of drug-likeness (QED) is 0.889. The molecule has 0 saturated heterocycles. The van der Waals surface area contributed by atoms with Crippen LogP contribution in [-0.2, 0) is 0 Å². The fourth-order valence-corrected chi connectivity index (χ4v) is 3.52. The molecule has 2 N–H and O–H groups in total. The molecule has 1 amide bonds. The number of carbonyl (C=O) groups excluding carboxylic acids is 1. The first kappa shape index (κ1) is 14.3. The van der Waals surface area contributed by atoms with Crippen molar-refractivity contribution in [1.29, 1.82) is 0 Å². The predicted octanol–water partition coefficient (Wildman–Crippen LogP) is 3.13. The molecule has 1 fully saturated rings. The summed E-state index contributed by atoms with van der Waals surface area (Å²) < 4.78 is 0. The lowest BCUT2D eigenvalue weighted by atomic mass is 9.94. The van der Waals surface area contributed by atoms with Gasteiger partial charge in [-0.05, 0) is 43.4 Å². The zero-order chi connectivity index (χ0) is 13.7. The second kappa shape index (κ2) is 6.85. The number of amides is 1. The molecule has 0 radical (unpaired) electrons. The molecule has 3 nitrogen and oxygen atoms in total. The van der Waals surface area contributed by atoms with E-state index in [1.165, 1.54) is 19.3 Å². The van der Waals surface area contributed by atoms with Gasteiger partial charge in [-0.25, -0.2) is 0 Å². The molecular formula is C15H22N2OS. The Kier molecular flexibility index (Phi) is 5.14. The largest absolute Gasteiger partial charge is 0.388 e. The molecule has 19 heavy (non-hydrogen) atoms. The van der Waals surface area contributed by atoms with E-state index in [2.05, 4.69) is 16.9 Å². The van der Waals surface area contributed by atoms with Crippen LogP contribution in [-0.4, -0.2) is 30.5 Å². The van der Waals surface area contributed by atoms with Crippen LogP contribution in [0.2, 0.25) is 0 Å². The van der Waals surface area contributed by atoms with Crippen LogP contribution in [0, 0.1) is 0 Å². The maximum atomic E-state index is 12.2. The smallest absolute Gasteiger partial charge is 0.251 e. The first-order valence-corrected chi connectivity index (χ1v) is 8.15. The van der Waals surface area contributed by atoms with Crippen molar-refractivity contribution in [2.75, 3.05) is 18.6 Å². The van der Waals surface area contributed by atoms with E-state index in [0.717, 1.165) is 17.7 Å². The van der Waals surface area contributed by atoms with Gasteiger partial charge in [0.1, 0.15) is 0 Å². The highest BCUT2D eigenvalue weighted by Gasteiger charge is 2.25. The Bertz CT molecular complexity index is 419. The monoisotopic (exact) mass is 278 g/mol. The molecule has 0 aliphatic heterocycles. The average molecular weight is 278 g/mol. The number of nitrogens with one attached hydrogen (secondary N) is 2. The Morgan fingerprint density at radius 3 is 2.53 bits per heavy atom. The molecule has 1 saturated carbocycles. The molecule has 1 aliphatic rings. The molecule has 1 aromatic rings. The van der Waals surface area contributed by atoms with Crippen molar-refractivity contribution >= 4 is 23.4 Å². The lowest BCUT2D eigenvalue weighted by Gasteiger charge is -2.30. The van der Waals surface area contributed by atoms with E-state index in [-0.39, 0.29) is 5.91 Å². The van der Waals surface area contributed by atoms with Crippen LogP contribution in [0.3, 0.4) is 0 Å². The zero-order valence-corrected chi connectivity index (χ0v) is 12.4. The summed E-state index contributed by atoms with van der Waals surface area (Å²) in [5.41, 5.74) is 1.76. The molecule has 0 aromatic heterocycles. The van der Waals surface area contributed by atoms with Crippen LogP contribution in [0.4, 0.5) is 5.69 Å². The van der Waals surface area contributed by atoms with Gasteiger partial charge < -0.3 is 10.6 Å². The average Bonchev–Trinajstić information content (AvgIpc) is 2.48. The van der Waals surface area contributed by atoms with Crippen LogP contribution in [0.5, 0.6) is 0 Å². The van der Waals surface area contributed by atoms with E-state index in [0.29, 0.717) is 11.3 Å². The topological polar surface area (TPSA) is 41.1 Å². The third-order valence-corrected chi connectivity index (χ3v) is 4.93. The summed E-state index contributed by atoms with van der Waals surface area (Å²) in [4.78, 5) is 12.2. The van der Waals surface area contributed by atoms with Gasteiger partial charge in [0.2, 0.25) is 0 Å². The van der Waals surface area contributed by atoms with Gasteiger partial charge in [-0.1, -0.05) is 12.8 Å². The van der Waals surface area contributed by atoms with Crippen molar-refractivity contribution in [3.8, 4) is 0 Å². The molecule has 0 spiro atoms. The number of thioether (sulfide) groups is 1. The van der Waals surface area contributed by atoms with Gasteiger partial charge in [-0.3, -0.25) is 4.79 Å². The van der Waals surface area contributed by atoms with Gasteiger partial charge in [0, 0.05) is 29.6 Å². The maximum Gasteiger partial charge on any atom is 0.251 e. The number of carbonyl (C=O) groups is 1. The van der Waals surface area contributed by atoms with E-state index < -0.39 is 0 Å². The normalized spacial score (nSPS) is 22.8. The van der Waals surface area contributed by atoms with Gasteiger partial charge in [0.05, 0.1) is 0 Å². The van der Waals surface area contributed by atoms with Crippen molar-refractivity contribution in [2.24, 2.45) is 0 Å². The predicted molar refractivity (Wildman–Crippen MR) is 83.0 cm³/mol. The lowest BCUT2D eigenvalue weighted by Crippen LogP contribution is -2.43. The SMILES string of the molecule is CNc1ccc(C(=O)NC2CCCCC2SC)cc1. The first-order chi connectivity index (χ1) is 9.24. The van der Waals surface area contributed by atoms with Gasteiger partial charge in [-0.2, -0.15) is 11.8 Å². The van der Waals surface area contributed by atoms with Crippen LogP contribution < -0.4 is 10.6 Å². The second-order valence-corrected chi connectivity index (χ2v) is 6.04. The summed E-state index contributed by atoms with van der Waals surface area (Å²) in [6.07, 6.45) is 6.96. The standard InChI is InChI=1S/C15H22N2OS/c1-16-12-9-7-11(8-10-12)15(18)17-13-5-3-4-6-14(13)19-2/h7-10,13-14,16H,3-6H2,1-2H3,(H,17,18). The molecule has 1 aromatic carbocycles.